The zero-order valence-corrected chi connectivity index (χ0v) is 14.1. The number of pyridine rings is 1. The second-order valence-corrected chi connectivity index (χ2v) is 7.29. The summed E-state index contributed by atoms with van der Waals surface area (Å²) in [4.78, 5) is 7.06. The number of hydrogen-bond donors (Lipinski definition) is 1. The molecule has 3 nitrogen and oxygen atoms in total. The second-order valence-electron chi connectivity index (χ2n) is 7.29. The molecule has 3 heteroatoms. The van der Waals surface area contributed by atoms with Crippen LogP contribution >= 0.6 is 0 Å². The van der Waals surface area contributed by atoms with E-state index in [-0.39, 0.29) is 0 Å². The minimum atomic E-state index is -0.674. The van der Waals surface area contributed by atoms with Crippen molar-refractivity contribution in [1.82, 2.24) is 9.88 Å². The molecule has 1 N–H and O–H groups in total. The summed E-state index contributed by atoms with van der Waals surface area (Å²) in [6, 6.07) is 16.9. The summed E-state index contributed by atoms with van der Waals surface area (Å²) in [5, 5.41) is 11.6. The maximum atomic E-state index is 11.6. The third-order valence-corrected chi connectivity index (χ3v) is 5.96. The lowest BCUT2D eigenvalue weighted by molar-refractivity contribution is -0.123. The van der Waals surface area contributed by atoms with E-state index in [9.17, 15) is 5.11 Å². The van der Waals surface area contributed by atoms with Crippen molar-refractivity contribution in [3.8, 4) is 0 Å². The summed E-state index contributed by atoms with van der Waals surface area (Å²) in [6.45, 7) is 1.83. The molecule has 3 atom stereocenters. The standard InChI is InChI=1S/C21H26N2O/c24-21(17-8-2-1-3-9-17)13-15-23(16-18-10-6-7-14-22-18)20-12-5-4-11-19(20)21/h1-3,6-10,14,19-20,24H,4-5,11-13,15-16H2/t19-,20-,21?/m1/s1. The molecule has 1 aliphatic carbocycles. The number of nitrogens with zero attached hydrogens (tertiary/aromatic N) is 2. The van der Waals surface area contributed by atoms with E-state index in [4.69, 9.17) is 0 Å². The van der Waals surface area contributed by atoms with E-state index in [1.165, 1.54) is 19.3 Å². The molecule has 0 amide bonds. The molecular weight excluding hydrogens is 296 g/mol. The smallest absolute Gasteiger partial charge is 0.0951 e. The fourth-order valence-electron chi connectivity index (χ4n) is 4.75. The number of aromatic nitrogens is 1. The predicted molar refractivity (Wildman–Crippen MR) is 95.3 cm³/mol. The first-order chi connectivity index (χ1) is 11.8. The van der Waals surface area contributed by atoms with Crippen molar-refractivity contribution in [3.63, 3.8) is 0 Å². The quantitative estimate of drug-likeness (QED) is 0.935. The second kappa shape index (κ2) is 6.66. The lowest BCUT2D eigenvalue weighted by Crippen LogP contribution is -2.57. The van der Waals surface area contributed by atoms with Crippen LogP contribution in [0, 0.1) is 5.92 Å². The molecule has 4 rings (SSSR count). The van der Waals surface area contributed by atoms with Crippen molar-refractivity contribution in [1.29, 1.82) is 0 Å². The van der Waals surface area contributed by atoms with Crippen LogP contribution < -0.4 is 0 Å². The first-order valence-corrected chi connectivity index (χ1v) is 9.19. The van der Waals surface area contributed by atoms with Crippen LogP contribution in [0.15, 0.2) is 54.7 Å². The molecule has 1 saturated heterocycles. The van der Waals surface area contributed by atoms with Gasteiger partial charge in [0.05, 0.1) is 11.3 Å². The van der Waals surface area contributed by atoms with Crippen LogP contribution in [0.2, 0.25) is 0 Å². The molecule has 0 radical (unpaired) electrons. The van der Waals surface area contributed by atoms with E-state index in [1.54, 1.807) is 0 Å². The predicted octanol–water partition coefficient (Wildman–Crippen LogP) is 3.73. The van der Waals surface area contributed by atoms with E-state index >= 15 is 0 Å². The highest BCUT2D eigenvalue weighted by Crippen LogP contribution is 2.47. The van der Waals surface area contributed by atoms with Gasteiger partial charge in [0.1, 0.15) is 0 Å². The van der Waals surface area contributed by atoms with Gasteiger partial charge >= 0.3 is 0 Å². The molecule has 24 heavy (non-hydrogen) atoms. The van der Waals surface area contributed by atoms with Gasteiger partial charge in [0.25, 0.3) is 0 Å². The normalized spacial score (nSPS) is 30.7. The fraction of sp³-hybridized carbons (Fsp3) is 0.476. The first kappa shape index (κ1) is 15.8. The third-order valence-electron chi connectivity index (χ3n) is 5.96. The molecule has 2 aliphatic rings. The minimum Gasteiger partial charge on any atom is -0.385 e. The molecule has 1 aromatic carbocycles. The molecule has 1 unspecified atom stereocenters. The van der Waals surface area contributed by atoms with Crippen LogP contribution in [-0.4, -0.2) is 27.6 Å². The van der Waals surface area contributed by atoms with Crippen LogP contribution in [0.25, 0.3) is 0 Å². The average Bonchev–Trinajstić information content (AvgIpc) is 2.66. The van der Waals surface area contributed by atoms with Crippen molar-refractivity contribution >= 4 is 0 Å². The van der Waals surface area contributed by atoms with Crippen LogP contribution in [0.1, 0.15) is 43.4 Å². The maximum Gasteiger partial charge on any atom is 0.0951 e. The van der Waals surface area contributed by atoms with Gasteiger partial charge in [-0.15, -0.1) is 0 Å². The molecular formula is C21H26N2O. The molecule has 1 saturated carbocycles. The number of rotatable bonds is 3. The Bertz CT molecular complexity index is 660. The summed E-state index contributed by atoms with van der Waals surface area (Å²) < 4.78 is 0. The Morgan fingerprint density at radius 2 is 1.83 bits per heavy atom. The molecule has 2 aromatic rings. The van der Waals surface area contributed by atoms with Gasteiger partial charge in [0.2, 0.25) is 0 Å². The van der Waals surface area contributed by atoms with Crippen molar-refractivity contribution in [2.45, 2.75) is 50.3 Å². The number of benzene rings is 1. The third kappa shape index (κ3) is 2.87. The van der Waals surface area contributed by atoms with Gasteiger partial charge < -0.3 is 5.11 Å². The first-order valence-electron chi connectivity index (χ1n) is 9.19. The van der Waals surface area contributed by atoms with E-state index in [2.05, 4.69) is 34.1 Å². The van der Waals surface area contributed by atoms with Gasteiger partial charge in [0.15, 0.2) is 0 Å². The molecule has 2 heterocycles. The summed E-state index contributed by atoms with van der Waals surface area (Å²) in [5.41, 5.74) is 1.55. The molecule has 1 aliphatic heterocycles. The van der Waals surface area contributed by atoms with Gasteiger partial charge in [-0.1, -0.05) is 49.2 Å². The zero-order chi connectivity index (χ0) is 16.4. The van der Waals surface area contributed by atoms with Crippen molar-refractivity contribution in [2.75, 3.05) is 6.54 Å². The van der Waals surface area contributed by atoms with Gasteiger partial charge in [-0.2, -0.15) is 0 Å². The Morgan fingerprint density at radius 3 is 2.62 bits per heavy atom. The zero-order valence-electron chi connectivity index (χ0n) is 14.1. The summed E-state index contributed by atoms with van der Waals surface area (Å²) in [7, 11) is 0. The summed E-state index contributed by atoms with van der Waals surface area (Å²) >= 11 is 0. The number of aliphatic hydroxyl groups is 1. The number of likely N-dealkylation sites (tertiary alicyclic amines) is 1. The van der Waals surface area contributed by atoms with Crippen LogP contribution in [0.5, 0.6) is 0 Å². The Morgan fingerprint density at radius 1 is 1.04 bits per heavy atom. The van der Waals surface area contributed by atoms with Crippen molar-refractivity contribution in [3.05, 3.63) is 66.0 Å². The largest absolute Gasteiger partial charge is 0.385 e. The van der Waals surface area contributed by atoms with E-state index < -0.39 is 5.60 Å². The molecule has 2 fully saturated rings. The highest BCUT2D eigenvalue weighted by molar-refractivity contribution is 5.25. The van der Waals surface area contributed by atoms with Gasteiger partial charge in [-0.25, -0.2) is 0 Å². The lowest BCUT2D eigenvalue weighted by atomic mass is 9.66. The van der Waals surface area contributed by atoms with Crippen molar-refractivity contribution < 1.29 is 5.11 Å². The lowest BCUT2D eigenvalue weighted by Gasteiger charge is -2.52. The van der Waals surface area contributed by atoms with Crippen LogP contribution in [0.3, 0.4) is 0 Å². The Balaban J connectivity index is 1.60. The minimum absolute atomic E-state index is 0.325. The highest BCUT2D eigenvalue weighted by atomic mass is 16.3. The highest BCUT2D eigenvalue weighted by Gasteiger charge is 2.48. The molecule has 0 bridgehead atoms. The number of hydrogen-bond acceptors (Lipinski definition) is 3. The summed E-state index contributed by atoms with van der Waals surface area (Å²) in [5.74, 6) is 0.325. The van der Waals surface area contributed by atoms with E-state index in [1.807, 2.05) is 30.5 Å². The van der Waals surface area contributed by atoms with Crippen molar-refractivity contribution in [2.24, 2.45) is 5.92 Å². The number of fused-ring (bicyclic) bond motifs is 1. The Hall–Kier alpha value is -1.71. The Labute approximate surface area is 144 Å². The van der Waals surface area contributed by atoms with Crippen LogP contribution in [0.4, 0.5) is 0 Å². The SMILES string of the molecule is OC1(c2ccccc2)CCN(Cc2ccccn2)[C@@H]2CCCC[C@H]21. The monoisotopic (exact) mass is 322 g/mol. The van der Waals surface area contributed by atoms with Gasteiger partial charge in [-0.05, 0) is 37.0 Å². The van der Waals surface area contributed by atoms with Gasteiger partial charge in [0, 0.05) is 31.2 Å². The Kier molecular flexibility index (Phi) is 4.38. The molecule has 126 valence electrons. The average molecular weight is 322 g/mol. The summed E-state index contributed by atoms with van der Waals surface area (Å²) in [6.07, 6.45) is 7.49. The maximum absolute atomic E-state index is 11.6. The fourth-order valence-corrected chi connectivity index (χ4v) is 4.75. The molecule has 0 spiro atoms. The van der Waals surface area contributed by atoms with Crippen LogP contribution in [-0.2, 0) is 12.1 Å². The van der Waals surface area contributed by atoms with Gasteiger partial charge in [-0.3, -0.25) is 9.88 Å². The number of piperidine rings is 1. The molecule has 1 aromatic heterocycles. The van der Waals surface area contributed by atoms with E-state index in [0.717, 1.165) is 37.2 Å². The topological polar surface area (TPSA) is 36.4 Å². The van der Waals surface area contributed by atoms with E-state index in [0.29, 0.717) is 12.0 Å².